The van der Waals surface area contributed by atoms with Crippen molar-refractivity contribution in [1.82, 2.24) is 5.32 Å². The van der Waals surface area contributed by atoms with Gasteiger partial charge in [0.1, 0.15) is 11.8 Å². The highest BCUT2D eigenvalue weighted by atomic mass is 16.4. The molecule has 6 nitrogen and oxygen atoms in total. The zero-order chi connectivity index (χ0) is 17.5. The first-order valence-electron chi connectivity index (χ1n) is 7.23. The third kappa shape index (κ3) is 4.88. The first-order valence-corrected chi connectivity index (χ1v) is 7.23. The molecule has 0 aliphatic rings. The Morgan fingerprint density at radius 3 is 2.21 bits per heavy atom. The van der Waals surface area contributed by atoms with Gasteiger partial charge in [0.15, 0.2) is 5.76 Å². The summed E-state index contributed by atoms with van der Waals surface area (Å²) >= 11 is 0. The van der Waals surface area contributed by atoms with Crippen LogP contribution < -0.4 is 5.32 Å². The maximum Gasteiger partial charge on any atom is 0.326 e. The van der Waals surface area contributed by atoms with Crippen molar-refractivity contribution in [2.45, 2.75) is 12.5 Å². The van der Waals surface area contributed by atoms with E-state index in [1.165, 1.54) is 18.2 Å². The summed E-state index contributed by atoms with van der Waals surface area (Å²) in [7, 11) is 0. The molecule has 124 valence electrons. The van der Waals surface area contributed by atoms with Gasteiger partial charge in [-0.25, -0.2) is 4.79 Å². The molecule has 0 aromatic heterocycles. The van der Waals surface area contributed by atoms with Gasteiger partial charge < -0.3 is 20.6 Å². The number of hydrogen-bond donors (Lipinski definition) is 4. The zero-order valence-electron chi connectivity index (χ0n) is 12.7. The van der Waals surface area contributed by atoms with Gasteiger partial charge in [-0.05, 0) is 29.3 Å². The third-order valence-electron chi connectivity index (χ3n) is 3.32. The number of aliphatic hydroxyl groups excluding tert-OH is 1. The number of hydrogen-bond acceptors (Lipinski definition) is 4. The molecule has 24 heavy (non-hydrogen) atoms. The topological polar surface area (TPSA) is 107 Å². The molecule has 1 amide bonds. The molecule has 0 fully saturated rings. The summed E-state index contributed by atoms with van der Waals surface area (Å²) in [6.45, 7) is 0. The summed E-state index contributed by atoms with van der Waals surface area (Å²) in [5.41, 5.74) is 1.25. The van der Waals surface area contributed by atoms with Gasteiger partial charge in [0.2, 0.25) is 0 Å². The van der Waals surface area contributed by atoms with E-state index in [1.807, 2.05) is 0 Å². The number of rotatable bonds is 6. The van der Waals surface area contributed by atoms with E-state index in [4.69, 9.17) is 0 Å². The number of carboxylic acids is 1. The predicted molar refractivity (Wildman–Crippen MR) is 88.4 cm³/mol. The van der Waals surface area contributed by atoms with Crippen LogP contribution in [-0.4, -0.2) is 33.2 Å². The Morgan fingerprint density at radius 2 is 1.62 bits per heavy atom. The van der Waals surface area contributed by atoms with Crippen molar-refractivity contribution in [3.05, 3.63) is 71.5 Å². The molecule has 0 aliphatic heterocycles. The van der Waals surface area contributed by atoms with Crippen LogP contribution in [0.15, 0.2) is 60.4 Å². The maximum atomic E-state index is 12.0. The number of carboxylic acid groups (broad SMARTS) is 1. The SMILES string of the molecule is O=C(NC(Cc1ccc(O)cc1)C(=O)O)C(O)=Cc1ccccc1. The maximum absolute atomic E-state index is 12.0. The van der Waals surface area contributed by atoms with Crippen molar-refractivity contribution in [3.63, 3.8) is 0 Å². The van der Waals surface area contributed by atoms with Crippen LogP contribution in [0.1, 0.15) is 11.1 Å². The van der Waals surface area contributed by atoms with Gasteiger partial charge >= 0.3 is 5.97 Å². The molecule has 0 saturated carbocycles. The minimum atomic E-state index is -1.22. The van der Waals surface area contributed by atoms with Crippen LogP contribution in [-0.2, 0) is 16.0 Å². The van der Waals surface area contributed by atoms with E-state index < -0.39 is 23.7 Å². The number of amides is 1. The second-order valence-electron chi connectivity index (χ2n) is 5.18. The summed E-state index contributed by atoms with van der Waals surface area (Å²) in [5.74, 6) is -2.59. The highest BCUT2D eigenvalue weighted by Gasteiger charge is 2.22. The number of benzene rings is 2. The smallest absolute Gasteiger partial charge is 0.326 e. The highest BCUT2D eigenvalue weighted by Crippen LogP contribution is 2.12. The van der Waals surface area contributed by atoms with Gasteiger partial charge in [0, 0.05) is 6.42 Å². The average molecular weight is 327 g/mol. The van der Waals surface area contributed by atoms with E-state index in [2.05, 4.69) is 5.32 Å². The van der Waals surface area contributed by atoms with Crippen LogP contribution >= 0.6 is 0 Å². The molecular weight excluding hydrogens is 310 g/mol. The van der Waals surface area contributed by atoms with E-state index >= 15 is 0 Å². The van der Waals surface area contributed by atoms with Gasteiger partial charge in [-0.1, -0.05) is 42.5 Å². The number of carbonyl (C=O) groups is 2. The lowest BCUT2D eigenvalue weighted by atomic mass is 10.1. The van der Waals surface area contributed by atoms with Crippen molar-refractivity contribution >= 4 is 18.0 Å². The molecule has 0 saturated heterocycles. The zero-order valence-corrected chi connectivity index (χ0v) is 12.7. The van der Waals surface area contributed by atoms with Crippen molar-refractivity contribution in [3.8, 4) is 5.75 Å². The van der Waals surface area contributed by atoms with Crippen molar-refractivity contribution in [2.75, 3.05) is 0 Å². The molecule has 0 radical (unpaired) electrons. The van der Waals surface area contributed by atoms with E-state index in [-0.39, 0.29) is 12.2 Å². The lowest BCUT2D eigenvalue weighted by Crippen LogP contribution is -2.42. The lowest BCUT2D eigenvalue weighted by Gasteiger charge is -2.14. The van der Waals surface area contributed by atoms with Gasteiger partial charge in [-0.3, -0.25) is 4.79 Å². The first kappa shape index (κ1) is 17.1. The average Bonchev–Trinajstić information content (AvgIpc) is 2.56. The normalized spacial score (nSPS) is 12.4. The molecule has 0 aliphatic carbocycles. The number of phenolic OH excluding ortho intramolecular Hbond substituents is 1. The Kier molecular flexibility index (Phi) is 5.57. The fraction of sp³-hybridized carbons (Fsp3) is 0.111. The minimum absolute atomic E-state index is 0.0277. The summed E-state index contributed by atoms with van der Waals surface area (Å²) in [5, 5.41) is 30.6. The molecule has 6 heteroatoms. The van der Waals surface area contributed by atoms with Crippen molar-refractivity contribution < 1.29 is 24.9 Å². The van der Waals surface area contributed by atoms with Crippen molar-refractivity contribution in [1.29, 1.82) is 0 Å². The standard InChI is InChI=1S/C18H17NO5/c20-14-8-6-13(7-9-14)10-15(18(23)24)19-17(22)16(21)11-12-4-2-1-3-5-12/h1-9,11,15,20-21H,10H2,(H,19,22)(H,23,24). The van der Waals surface area contributed by atoms with E-state index in [0.29, 0.717) is 11.1 Å². The Bertz CT molecular complexity index is 738. The third-order valence-corrected chi connectivity index (χ3v) is 3.32. The number of aliphatic hydroxyl groups is 1. The fourth-order valence-corrected chi connectivity index (χ4v) is 2.07. The summed E-state index contributed by atoms with van der Waals surface area (Å²) < 4.78 is 0. The monoisotopic (exact) mass is 327 g/mol. The van der Waals surface area contributed by atoms with Gasteiger partial charge in [0.25, 0.3) is 5.91 Å². The number of phenols is 1. The Labute approximate surface area is 138 Å². The second-order valence-corrected chi connectivity index (χ2v) is 5.18. The van der Waals surface area contributed by atoms with Crippen LogP contribution in [0, 0.1) is 0 Å². The Hall–Kier alpha value is -3.28. The highest BCUT2D eigenvalue weighted by molar-refractivity contribution is 5.97. The number of nitrogens with one attached hydrogen (secondary N) is 1. The van der Waals surface area contributed by atoms with Crippen LogP contribution in [0.25, 0.3) is 6.08 Å². The first-order chi connectivity index (χ1) is 11.5. The van der Waals surface area contributed by atoms with E-state index in [0.717, 1.165) is 0 Å². The molecule has 0 heterocycles. The summed E-state index contributed by atoms with van der Waals surface area (Å²) in [4.78, 5) is 23.3. The molecule has 2 aromatic rings. The Balaban J connectivity index is 2.06. The Morgan fingerprint density at radius 1 is 1.00 bits per heavy atom. The van der Waals surface area contributed by atoms with E-state index in [1.54, 1.807) is 42.5 Å². The quantitative estimate of drug-likeness (QED) is 0.480. The lowest BCUT2D eigenvalue weighted by molar-refractivity contribution is -0.141. The van der Waals surface area contributed by atoms with Crippen molar-refractivity contribution in [2.24, 2.45) is 0 Å². The molecule has 0 bridgehead atoms. The molecule has 1 unspecified atom stereocenters. The summed E-state index contributed by atoms with van der Waals surface area (Å²) in [6.07, 6.45) is 1.29. The molecule has 2 aromatic carbocycles. The molecule has 0 spiro atoms. The number of carbonyl (C=O) groups excluding carboxylic acids is 1. The van der Waals surface area contributed by atoms with Crippen LogP contribution in [0.4, 0.5) is 0 Å². The van der Waals surface area contributed by atoms with E-state index in [9.17, 15) is 24.9 Å². The molecule has 4 N–H and O–H groups in total. The molecule has 1 atom stereocenters. The molecule has 2 rings (SSSR count). The predicted octanol–water partition coefficient (Wildman–Crippen LogP) is 2.10. The van der Waals surface area contributed by atoms with Crippen LogP contribution in [0.2, 0.25) is 0 Å². The van der Waals surface area contributed by atoms with Crippen LogP contribution in [0.3, 0.4) is 0 Å². The van der Waals surface area contributed by atoms with Gasteiger partial charge in [-0.15, -0.1) is 0 Å². The number of aliphatic carboxylic acids is 1. The second kappa shape index (κ2) is 7.82. The van der Waals surface area contributed by atoms with Crippen LogP contribution in [0.5, 0.6) is 5.75 Å². The largest absolute Gasteiger partial charge is 0.508 e. The number of aromatic hydroxyl groups is 1. The van der Waals surface area contributed by atoms with Gasteiger partial charge in [-0.2, -0.15) is 0 Å². The summed E-state index contributed by atoms with van der Waals surface area (Å²) in [6, 6.07) is 13.5. The fourth-order valence-electron chi connectivity index (χ4n) is 2.07. The minimum Gasteiger partial charge on any atom is -0.508 e. The molecular formula is C18H17NO5. The van der Waals surface area contributed by atoms with Gasteiger partial charge in [0.05, 0.1) is 0 Å².